The van der Waals surface area contributed by atoms with E-state index in [4.69, 9.17) is 0 Å². The average Bonchev–Trinajstić information content (AvgIpc) is 2.82. The van der Waals surface area contributed by atoms with Gasteiger partial charge in [-0.15, -0.1) is 0 Å². The molecule has 5 nitrogen and oxygen atoms in total. The summed E-state index contributed by atoms with van der Waals surface area (Å²) >= 11 is 1.56. The molecule has 0 atom stereocenters. The van der Waals surface area contributed by atoms with Crippen molar-refractivity contribution in [2.45, 2.75) is 18.4 Å². The maximum atomic E-state index is 12.1. The van der Waals surface area contributed by atoms with Crippen LogP contribution in [0.4, 0.5) is 5.82 Å². The summed E-state index contributed by atoms with van der Waals surface area (Å²) < 4.78 is 26.9. The van der Waals surface area contributed by atoms with Crippen molar-refractivity contribution in [1.82, 2.24) is 9.71 Å². The van der Waals surface area contributed by atoms with E-state index in [1.807, 2.05) is 17.7 Å². The Hall–Kier alpha value is -1.44. The quantitative estimate of drug-likeness (QED) is 0.885. The molecule has 0 aliphatic heterocycles. The van der Waals surface area contributed by atoms with Gasteiger partial charge >= 0.3 is 0 Å². The lowest BCUT2D eigenvalue weighted by molar-refractivity contribution is 0.581. The molecule has 0 spiro atoms. The van der Waals surface area contributed by atoms with Crippen LogP contribution < -0.4 is 10.0 Å². The number of anilines is 1. The minimum Gasteiger partial charge on any atom is -0.373 e. The van der Waals surface area contributed by atoms with Crippen LogP contribution in [0.5, 0.6) is 0 Å². The predicted octanol–water partition coefficient (Wildman–Crippen LogP) is 1.97. The fraction of sp³-hybridized carbons (Fsp3) is 0.250. The van der Waals surface area contributed by atoms with Crippen molar-refractivity contribution in [2.75, 3.05) is 12.4 Å². The smallest absolute Gasteiger partial charge is 0.241 e. The zero-order valence-corrected chi connectivity index (χ0v) is 12.3. The molecule has 2 aromatic heterocycles. The van der Waals surface area contributed by atoms with Crippen molar-refractivity contribution in [3.63, 3.8) is 0 Å². The van der Waals surface area contributed by atoms with E-state index in [2.05, 4.69) is 15.0 Å². The van der Waals surface area contributed by atoms with E-state index in [-0.39, 0.29) is 4.90 Å². The third-order valence-corrected chi connectivity index (χ3v) is 5.02. The number of nitrogens with one attached hydrogen (secondary N) is 2. The summed E-state index contributed by atoms with van der Waals surface area (Å²) in [5.41, 5.74) is 2.09. The lowest BCUT2D eigenvalue weighted by atomic mass is 10.2. The van der Waals surface area contributed by atoms with Gasteiger partial charge in [0.15, 0.2) is 0 Å². The molecule has 0 aromatic carbocycles. The number of aryl methyl sites for hydroxylation is 1. The Labute approximate surface area is 116 Å². The Morgan fingerprint density at radius 2 is 2.16 bits per heavy atom. The molecule has 2 heterocycles. The van der Waals surface area contributed by atoms with Gasteiger partial charge < -0.3 is 5.32 Å². The lowest BCUT2D eigenvalue weighted by Gasteiger charge is -2.07. The van der Waals surface area contributed by atoms with Crippen LogP contribution in [0.2, 0.25) is 0 Å². The SMILES string of the molecule is CNc1cc(S(=O)(=O)NCc2cscc2C)ccn1. The van der Waals surface area contributed by atoms with Crippen LogP contribution in [0.1, 0.15) is 11.1 Å². The first kappa shape index (κ1) is 14.0. The maximum Gasteiger partial charge on any atom is 0.241 e. The second-order valence-corrected chi connectivity index (χ2v) is 6.54. The highest BCUT2D eigenvalue weighted by Crippen LogP contribution is 2.16. The van der Waals surface area contributed by atoms with Crippen LogP contribution in [0.15, 0.2) is 34.0 Å². The van der Waals surface area contributed by atoms with Gasteiger partial charge in [-0.1, -0.05) is 0 Å². The van der Waals surface area contributed by atoms with Gasteiger partial charge in [0.1, 0.15) is 5.82 Å². The van der Waals surface area contributed by atoms with Gasteiger partial charge in [-0.25, -0.2) is 18.1 Å². The van der Waals surface area contributed by atoms with Gasteiger partial charge in [-0.05, 0) is 34.9 Å². The zero-order valence-electron chi connectivity index (χ0n) is 10.7. The van der Waals surface area contributed by atoms with E-state index in [9.17, 15) is 8.42 Å². The van der Waals surface area contributed by atoms with E-state index >= 15 is 0 Å². The van der Waals surface area contributed by atoms with E-state index in [0.29, 0.717) is 12.4 Å². The summed E-state index contributed by atoms with van der Waals surface area (Å²) in [5.74, 6) is 0.523. The van der Waals surface area contributed by atoms with Gasteiger partial charge in [-0.2, -0.15) is 11.3 Å². The summed E-state index contributed by atoms with van der Waals surface area (Å²) in [6.07, 6.45) is 1.47. The Bertz CT molecular complexity index is 665. The average molecular weight is 297 g/mol. The number of hydrogen-bond donors (Lipinski definition) is 2. The Kier molecular flexibility index (Phi) is 4.18. The molecule has 102 valence electrons. The molecule has 7 heteroatoms. The van der Waals surface area contributed by atoms with E-state index in [1.165, 1.54) is 18.3 Å². The van der Waals surface area contributed by atoms with Crippen LogP contribution in [0.3, 0.4) is 0 Å². The van der Waals surface area contributed by atoms with Crippen molar-refractivity contribution in [3.8, 4) is 0 Å². The van der Waals surface area contributed by atoms with Gasteiger partial charge in [0.25, 0.3) is 0 Å². The van der Waals surface area contributed by atoms with Gasteiger partial charge in [-0.3, -0.25) is 0 Å². The van der Waals surface area contributed by atoms with Gasteiger partial charge in [0.2, 0.25) is 10.0 Å². The fourth-order valence-electron chi connectivity index (χ4n) is 1.54. The number of pyridine rings is 1. The van der Waals surface area contributed by atoms with Crippen LogP contribution in [0, 0.1) is 6.92 Å². The van der Waals surface area contributed by atoms with E-state index < -0.39 is 10.0 Å². The summed E-state index contributed by atoms with van der Waals surface area (Å²) in [5, 5.41) is 6.76. The minimum atomic E-state index is -3.51. The molecule has 0 saturated heterocycles. The Morgan fingerprint density at radius 1 is 1.37 bits per heavy atom. The van der Waals surface area contributed by atoms with Crippen LogP contribution in [0.25, 0.3) is 0 Å². The monoisotopic (exact) mass is 297 g/mol. The van der Waals surface area contributed by atoms with Gasteiger partial charge in [0.05, 0.1) is 4.90 Å². The Morgan fingerprint density at radius 3 is 2.79 bits per heavy atom. The highest BCUT2D eigenvalue weighted by molar-refractivity contribution is 7.89. The van der Waals surface area contributed by atoms with Crippen molar-refractivity contribution in [3.05, 3.63) is 40.2 Å². The molecular weight excluding hydrogens is 282 g/mol. The summed E-state index contributed by atoms with van der Waals surface area (Å²) in [4.78, 5) is 4.20. The third kappa shape index (κ3) is 3.31. The van der Waals surface area contributed by atoms with Crippen molar-refractivity contribution in [1.29, 1.82) is 0 Å². The van der Waals surface area contributed by atoms with Gasteiger partial charge in [0, 0.05) is 25.9 Å². The second kappa shape index (κ2) is 5.68. The van der Waals surface area contributed by atoms with Crippen LogP contribution in [-0.4, -0.2) is 20.4 Å². The number of nitrogens with zero attached hydrogens (tertiary/aromatic N) is 1. The molecule has 2 aromatic rings. The van der Waals surface area contributed by atoms with Crippen molar-refractivity contribution < 1.29 is 8.42 Å². The van der Waals surface area contributed by atoms with E-state index in [0.717, 1.165) is 11.1 Å². The summed E-state index contributed by atoms with van der Waals surface area (Å²) in [7, 11) is -1.82. The molecular formula is C12H15N3O2S2. The zero-order chi connectivity index (χ0) is 13.9. The molecule has 0 saturated carbocycles. The molecule has 0 unspecified atom stereocenters. The minimum absolute atomic E-state index is 0.208. The lowest BCUT2D eigenvalue weighted by Crippen LogP contribution is -2.23. The number of aromatic nitrogens is 1. The maximum absolute atomic E-state index is 12.1. The van der Waals surface area contributed by atoms with Crippen molar-refractivity contribution >= 4 is 27.2 Å². The highest BCUT2D eigenvalue weighted by Gasteiger charge is 2.15. The summed E-state index contributed by atoms with van der Waals surface area (Å²) in [6.45, 7) is 2.26. The van der Waals surface area contributed by atoms with Crippen molar-refractivity contribution in [2.24, 2.45) is 0 Å². The molecule has 19 heavy (non-hydrogen) atoms. The van der Waals surface area contributed by atoms with Crippen LogP contribution in [-0.2, 0) is 16.6 Å². The largest absolute Gasteiger partial charge is 0.373 e. The number of hydrogen-bond acceptors (Lipinski definition) is 5. The molecule has 0 fully saturated rings. The fourth-order valence-corrected chi connectivity index (χ4v) is 3.42. The highest BCUT2D eigenvalue weighted by atomic mass is 32.2. The first-order chi connectivity index (χ1) is 9.03. The van der Waals surface area contributed by atoms with E-state index in [1.54, 1.807) is 18.4 Å². The molecule has 0 aliphatic rings. The predicted molar refractivity (Wildman–Crippen MR) is 76.9 cm³/mol. The topological polar surface area (TPSA) is 71.1 Å². The molecule has 2 N–H and O–H groups in total. The van der Waals surface area contributed by atoms with Crippen LogP contribution >= 0.6 is 11.3 Å². The Balaban J connectivity index is 2.16. The summed E-state index contributed by atoms with van der Waals surface area (Å²) in [6, 6.07) is 2.98. The number of sulfonamides is 1. The molecule has 0 aliphatic carbocycles. The first-order valence-corrected chi connectivity index (χ1v) is 8.10. The normalized spacial score (nSPS) is 11.5. The third-order valence-electron chi connectivity index (χ3n) is 2.71. The first-order valence-electron chi connectivity index (χ1n) is 5.68. The molecule has 2 rings (SSSR count). The molecule has 0 radical (unpaired) electrons. The molecule has 0 amide bonds. The molecule has 0 bridgehead atoms. The standard InChI is InChI=1S/C12H15N3O2S2/c1-9-7-18-8-10(9)6-15-19(16,17)11-3-4-14-12(5-11)13-2/h3-5,7-8,15H,6H2,1-2H3,(H,13,14). The number of rotatable bonds is 5. The number of thiophene rings is 1. The second-order valence-electron chi connectivity index (χ2n) is 4.03.